The Morgan fingerprint density at radius 3 is 3.12 bits per heavy atom. The molecule has 0 fully saturated rings. The second-order valence-corrected chi connectivity index (χ2v) is 4.52. The number of aromatic amines is 1. The van der Waals surface area contributed by atoms with E-state index in [2.05, 4.69) is 16.4 Å². The van der Waals surface area contributed by atoms with Gasteiger partial charge in [-0.05, 0) is 11.6 Å². The summed E-state index contributed by atoms with van der Waals surface area (Å²) in [4.78, 5) is 14.1. The number of hydrogen-bond donors (Lipinski definition) is 2. The predicted molar refractivity (Wildman–Crippen MR) is 61.2 cm³/mol. The number of H-pyrrole nitrogens is 1. The van der Waals surface area contributed by atoms with Crippen molar-refractivity contribution >= 4 is 16.9 Å². The highest BCUT2D eigenvalue weighted by Crippen LogP contribution is 2.28. The smallest absolute Gasteiger partial charge is 0.132 e. The van der Waals surface area contributed by atoms with Crippen LogP contribution in [-0.4, -0.2) is 17.5 Å². The van der Waals surface area contributed by atoms with Crippen molar-refractivity contribution in [1.82, 2.24) is 4.98 Å². The fraction of sp³-hybridized carbons (Fsp3) is 0.308. The molecule has 0 amide bonds. The van der Waals surface area contributed by atoms with Crippen molar-refractivity contribution in [2.24, 2.45) is 0 Å². The minimum absolute atomic E-state index is 0.0313. The fourth-order valence-corrected chi connectivity index (χ4v) is 2.72. The molecule has 0 bridgehead atoms. The van der Waals surface area contributed by atoms with Gasteiger partial charge >= 0.3 is 0 Å². The van der Waals surface area contributed by atoms with Crippen molar-refractivity contribution < 1.29 is 15.2 Å². The number of carbonyl (C=O) groups excluding carboxylic acids is 1. The molecule has 4 nitrogen and oxygen atoms in total. The quantitative estimate of drug-likeness (QED) is 0.728. The van der Waals surface area contributed by atoms with E-state index < -0.39 is 5.97 Å². The molecule has 4 heteroatoms. The zero-order valence-corrected chi connectivity index (χ0v) is 9.40. The first kappa shape index (κ1) is 10.4. The maximum atomic E-state index is 10.7. The van der Waals surface area contributed by atoms with E-state index in [1.165, 1.54) is 10.9 Å². The van der Waals surface area contributed by atoms with Crippen molar-refractivity contribution in [3.8, 4) is 0 Å². The molecule has 0 radical (unpaired) electrons. The van der Waals surface area contributed by atoms with Gasteiger partial charge < -0.3 is 20.2 Å². The fourth-order valence-electron chi connectivity index (χ4n) is 2.72. The molecule has 88 valence electrons. The van der Waals surface area contributed by atoms with Crippen LogP contribution in [0.2, 0.25) is 0 Å². The zero-order valence-electron chi connectivity index (χ0n) is 9.40. The third-order valence-electron chi connectivity index (χ3n) is 3.45. The molecular formula is C13H14N2O2. The topological polar surface area (TPSA) is 72.5 Å². The second kappa shape index (κ2) is 3.89. The molecule has 1 atom stereocenters. The van der Waals surface area contributed by atoms with Crippen molar-refractivity contribution in [1.29, 1.82) is 0 Å². The SMILES string of the molecule is O=C([O-])C[C@H]1[NH2+]CCc2c1[nH]c1ccccc21. The minimum atomic E-state index is -0.988. The lowest BCUT2D eigenvalue weighted by Gasteiger charge is -2.21. The second-order valence-electron chi connectivity index (χ2n) is 4.52. The van der Waals surface area contributed by atoms with E-state index in [-0.39, 0.29) is 12.5 Å². The predicted octanol–water partition coefficient (Wildman–Crippen LogP) is -0.531. The molecule has 1 aromatic carbocycles. The van der Waals surface area contributed by atoms with E-state index in [1.807, 2.05) is 18.2 Å². The monoisotopic (exact) mass is 230 g/mol. The molecule has 0 spiro atoms. The Labute approximate surface area is 98.6 Å². The number of carbonyl (C=O) groups is 1. The highest BCUT2D eigenvalue weighted by molar-refractivity contribution is 5.85. The maximum Gasteiger partial charge on any atom is 0.132 e. The number of nitrogens with two attached hydrogens (primary N) is 1. The Morgan fingerprint density at radius 2 is 2.29 bits per heavy atom. The number of hydrogen-bond acceptors (Lipinski definition) is 2. The van der Waals surface area contributed by atoms with Crippen molar-refractivity contribution in [2.75, 3.05) is 6.54 Å². The molecule has 1 aliphatic heterocycles. The van der Waals surface area contributed by atoms with Crippen LogP contribution in [0.5, 0.6) is 0 Å². The van der Waals surface area contributed by atoms with E-state index in [0.29, 0.717) is 0 Å². The Morgan fingerprint density at radius 1 is 1.47 bits per heavy atom. The van der Waals surface area contributed by atoms with Gasteiger partial charge in [0.15, 0.2) is 0 Å². The summed E-state index contributed by atoms with van der Waals surface area (Å²) in [7, 11) is 0. The number of quaternary nitrogens is 1. The molecule has 1 aromatic heterocycles. The first-order valence-corrected chi connectivity index (χ1v) is 5.88. The lowest BCUT2D eigenvalue weighted by Crippen LogP contribution is -2.87. The number of rotatable bonds is 2. The van der Waals surface area contributed by atoms with Crippen LogP contribution in [0.15, 0.2) is 24.3 Å². The molecule has 1 aliphatic rings. The average Bonchev–Trinajstić information content (AvgIpc) is 2.68. The van der Waals surface area contributed by atoms with Crippen LogP contribution < -0.4 is 10.4 Å². The van der Waals surface area contributed by atoms with Gasteiger partial charge in [0.1, 0.15) is 6.04 Å². The summed E-state index contributed by atoms with van der Waals surface area (Å²) < 4.78 is 0. The van der Waals surface area contributed by atoms with Crippen LogP contribution in [0, 0.1) is 0 Å². The van der Waals surface area contributed by atoms with Gasteiger partial charge in [-0.3, -0.25) is 0 Å². The molecular weight excluding hydrogens is 216 g/mol. The zero-order chi connectivity index (χ0) is 11.8. The number of carboxylic acid groups (broad SMARTS) is 1. The number of benzene rings is 1. The maximum absolute atomic E-state index is 10.7. The van der Waals surface area contributed by atoms with Gasteiger partial charge in [-0.15, -0.1) is 0 Å². The van der Waals surface area contributed by atoms with Gasteiger partial charge in [-0.2, -0.15) is 0 Å². The molecule has 2 aromatic rings. The van der Waals surface area contributed by atoms with Gasteiger partial charge in [-0.25, -0.2) is 0 Å². The van der Waals surface area contributed by atoms with E-state index in [4.69, 9.17) is 0 Å². The first-order chi connectivity index (χ1) is 8.25. The van der Waals surface area contributed by atoms with Gasteiger partial charge in [0.25, 0.3) is 0 Å². The van der Waals surface area contributed by atoms with Crippen molar-refractivity contribution in [2.45, 2.75) is 18.9 Å². The highest BCUT2D eigenvalue weighted by Gasteiger charge is 2.26. The Hall–Kier alpha value is -1.81. The lowest BCUT2D eigenvalue weighted by atomic mass is 9.97. The minimum Gasteiger partial charge on any atom is -0.550 e. The van der Waals surface area contributed by atoms with Crippen LogP contribution >= 0.6 is 0 Å². The molecule has 17 heavy (non-hydrogen) atoms. The van der Waals surface area contributed by atoms with Crippen molar-refractivity contribution in [3.05, 3.63) is 35.5 Å². The Bertz CT molecular complexity index is 574. The largest absolute Gasteiger partial charge is 0.550 e. The molecule has 0 saturated heterocycles. The van der Waals surface area contributed by atoms with Crippen LogP contribution in [0.4, 0.5) is 0 Å². The van der Waals surface area contributed by atoms with Gasteiger partial charge in [0.05, 0.1) is 12.2 Å². The van der Waals surface area contributed by atoms with Crippen LogP contribution in [0.3, 0.4) is 0 Å². The summed E-state index contributed by atoms with van der Waals surface area (Å²) in [6, 6.07) is 8.09. The summed E-state index contributed by atoms with van der Waals surface area (Å²) in [5.74, 6) is -0.988. The molecule has 2 heterocycles. The van der Waals surface area contributed by atoms with E-state index in [9.17, 15) is 9.90 Å². The summed E-state index contributed by atoms with van der Waals surface area (Å²) in [5, 5.41) is 14.0. The number of aliphatic carboxylic acids is 1. The average molecular weight is 230 g/mol. The Balaban J connectivity index is 2.10. The van der Waals surface area contributed by atoms with Crippen LogP contribution in [0.25, 0.3) is 10.9 Å². The third-order valence-corrected chi connectivity index (χ3v) is 3.45. The normalized spacial score (nSPS) is 19.2. The lowest BCUT2D eigenvalue weighted by molar-refractivity contribution is -0.699. The van der Waals surface area contributed by atoms with Gasteiger partial charge in [0.2, 0.25) is 0 Å². The van der Waals surface area contributed by atoms with E-state index in [0.717, 1.165) is 24.2 Å². The summed E-state index contributed by atoms with van der Waals surface area (Å²) >= 11 is 0. The van der Waals surface area contributed by atoms with E-state index in [1.54, 1.807) is 0 Å². The number of carboxylic acids is 1. The number of nitrogens with one attached hydrogen (secondary N) is 1. The summed E-state index contributed by atoms with van der Waals surface area (Å²) in [6.07, 6.45) is 1.06. The van der Waals surface area contributed by atoms with Crippen LogP contribution in [-0.2, 0) is 11.2 Å². The first-order valence-electron chi connectivity index (χ1n) is 5.88. The van der Waals surface area contributed by atoms with Gasteiger partial charge in [0, 0.05) is 29.7 Å². The molecule has 0 unspecified atom stereocenters. The summed E-state index contributed by atoms with van der Waals surface area (Å²) in [6.45, 7) is 0.937. The van der Waals surface area contributed by atoms with Crippen molar-refractivity contribution in [3.63, 3.8) is 0 Å². The molecule has 0 aliphatic carbocycles. The Kier molecular flexibility index (Phi) is 2.37. The molecule has 3 N–H and O–H groups in total. The molecule has 3 rings (SSSR count). The standard InChI is InChI=1S/C13H14N2O2/c16-12(17)7-11-13-9(5-6-14-11)8-3-1-2-4-10(8)15-13/h1-4,11,14-15H,5-7H2,(H,16,17)/t11-/m1/s1. The number of fused-ring (bicyclic) bond motifs is 3. The third kappa shape index (κ3) is 1.70. The molecule has 0 saturated carbocycles. The van der Waals surface area contributed by atoms with E-state index >= 15 is 0 Å². The van der Waals surface area contributed by atoms with Gasteiger partial charge in [-0.1, -0.05) is 18.2 Å². The summed E-state index contributed by atoms with van der Waals surface area (Å²) in [5.41, 5.74) is 3.42. The number of aromatic nitrogens is 1. The van der Waals surface area contributed by atoms with Crippen LogP contribution in [0.1, 0.15) is 23.7 Å². The highest BCUT2D eigenvalue weighted by atomic mass is 16.4. The number of para-hydroxylation sites is 1.